The van der Waals surface area contributed by atoms with Crippen LogP contribution in [-0.2, 0) is 6.54 Å². The summed E-state index contributed by atoms with van der Waals surface area (Å²) in [7, 11) is 0. The molecule has 0 saturated heterocycles. The summed E-state index contributed by atoms with van der Waals surface area (Å²) in [5.74, 6) is 0.913. The lowest BCUT2D eigenvalue weighted by atomic mass is 10.2. The summed E-state index contributed by atoms with van der Waals surface area (Å²) < 4.78 is 1.77. The molecule has 2 aromatic carbocycles. The highest BCUT2D eigenvalue weighted by Gasteiger charge is 2.07. The third-order valence-electron chi connectivity index (χ3n) is 3.44. The summed E-state index contributed by atoms with van der Waals surface area (Å²) >= 11 is 3.41. The Morgan fingerprint density at radius 1 is 1.04 bits per heavy atom. The van der Waals surface area contributed by atoms with Gasteiger partial charge in [-0.1, -0.05) is 42.1 Å². The molecule has 1 aromatic heterocycles. The first-order valence-corrected chi connectivity index (χ1v) is 9.88. The van der Waals surface area contributed by atoms with E-state index in [0.29, 0.717) is 0 Å². The van der Waals surface area contributed by atoms with E-state index >= 15 is 0 Å². The molecule has 0 unspecified atom stereocenters. The Bertz CT molecular complexity index is 743. The van der Waals surface area contributed by atoms with Gasteiger partial charge in [0.2, 0.25) is 5.16 Å². The summed E-state index contributed by atoms with van der Waals surface area (Å²) in [6, 6.07) is 18.6. The van der Waals surface area contributed by atoms with Crippen molar-refractivity contribution in [2.24, 2.45) is 0 Å². The number of nitrogens with one attached hydrogen (secondary N) is 1. The zero-order valence-electron chi connectivity index (χ0n) is 13.4. The number of hydrogen-bond acceptors (Lipinski definition) is 6. The molecule has 0 aliphatic rings. The van der Waals surface area contributed by atoms with Crippen LogP contribution in [0.3, 0.4) is 0 Å². The molecular weight excluding hydrogens is 338 g/mol. The molecule has 3 aromatic rings. The second-order valence-electron chi connectivity index (χ2n) is 5.08. The van der Waals surface area contributed by atoms with Crippen molar-refractivity contribution in [1.82, 2.24) is 25.5 Å². The van der Waals surface area contributed by atoms with E-state index in [1.54, 1.807) is 28.2 Å². The topological polar surface area (TPSA) is 55.6 Å². The van der Waals surface area contributed by atoms with Gasteiger partial charge in [-0.05, 0) is 46.5 Å². The van der Waals surface area contributed by atoms with Crippen LogP contribution in [0.5, 0.6) is 0 Å². The summed E-state index contributed by atoms with van der Waals surface area (Å²) in [5.41, 5.74) is 2.28. The van der Waals surface area contributed by atoms with Crippen LogP contribution >= 0.6 is 23.5 Å². The average molecular weight is 358 g/mol. The Labute approximate surface area is 150 Å². The Morgan fingerprint density at radius 2 is 1.83 bits per heavy atom. The number of para-hydroxylation sites is 1. The molecule has 3 rings (SSSR count). The Balaban J connectivity index is 1.45. The normalized spacial score (nSPS) is 10.9. The van der Waals surface area contributed by atoms with Crippen molar-refractivity contribution in [3.63, 3.8) is 0 Å². The van der Waals surface area contributed by atoms with E-state index in [1.165, 1.54) is 10.5 Å². The van der Waals surface area contributed by atoms with E-state index in [0.717, 1.165) is 29.7 Å². The second kappa shape index (κ2) is 8.86. The largest absolute Gasteiger partial charge is 0.312 e. The Kier molecular flexibility index (Phi) is 6.28. The van der Waals surface area contributed by atoms with Gasteiger partial charge in [-0.25, -0.2) is 0 Å². The lowest BCUT2D eigenvalue weighted by Crippen LogP contribution is -2.16. The molecule has 0 radical (unpaired) electrons. The first-order chi connectivity index (χ1) is 11.9. The van der Waals surface area contributed by atoms with Gasteiger partial charge >= 0.3 is 0 Å². The number of nitrogens with zero attached hydrogens (tertiary/aromatic N) is 4. The van der Waals surface area contributed by atoms with E-state index < -0.39 is 0 Å². The van der Waals surface area contributed by atoms with Crippen molar-refractivity contribution in [1.29, 1.82) is 0 Å². The van der Waals surface area contributed by atoms with Gasteiger partial charge < -0.3 is 5.32 Å². The molecular formula is C17H19N5S2. The predicted octanol–water partition coefficient (Wildman–Crippen LogP) is 3.27. The number of thioether (sulfide) groups is 2. The summed E-state index contributed by atoms with van der Waals surface area (Å²) in [5, 5.41) is 16.2. The molecule has 0 amide bonds. The molecule has 5 nitrogen and oxygen atoms in total. The number of rotatable bonds is 8. The molecule has 0 aliphatic carbocycles. The van der Waals surface area contributed by atoms with Crippen LogP contribution in [0.4, 0.5) is 0 Å². The highest BCUT2D eigenvalue weighted by atomic mass is 32.2. The maximum atomic E-state index is 4.10. The zero-order valence-corrected chi connectivity index (χ0v) is 15.1. The van der Waals surface area contributed by atoms with E-state index in [2.05, 4.69) is 51.4 Å². The van der Waals surface area contributed by atoms with Crippen molar-refractivity contribution in [2.45, 2.75) is 16.6 Å². The standard InChI is InChI=1S/C17H19N5S2/c1-23-16-9-7-14(8-10-16)13-18-11-12-24-17-19-20-21-22(17)15-5-3-2-4-6-15/h2-10,18H,11-13H2,1H3. The first-order valence-electron chi connectivity index (χ1n) is 7.67. The molecule has 24 heavy (non-hydrogen) atoms. The van der Waals surface area contributed by atoms with Crippen LogP contribution in [0.15, 0.2) is 64.6 Å². The third kappa shape index (κ3) is 4.59. The molecule has 7 heteroatoms. The summed E-state index contributed by atoms with van der Waals surface area (Å²) in [6.45, 7) is 1.77. The Hall–Kier alpha value is -1.83. The minimum absolute atomic E-state index is 0.812. The molecule has 0 bridgehead atoms. The smallest absolute Gasteiger partial charge is 0.214 e. The van der Waals surface area contributed by atoms with Crippen molar-refractivity contribution in [3.8, 4) is 5.69 Å². The van der Waals surface area contributed by atoms with Crippen molar-refractivity contribution in [3.05, 3.63) is 60.2 Å². The third-order valence-corrected chi connectivity index (χ3v) is 5.10. The lowest BCUT2D eigenvalue weighted by molar-refractivity contribution is 0.727. The van der Waals surface area contributed by atoms with Gasteiger partial charge in [0.15, 0.2) is 0 Å². The highest BCUT2D eigenvalue weighted by molar-refractivity contribution is 7.99. The van der Waals surface area contributed by atoms with Crippen LogP contribution in [-0.4, -0.2) is 38.8 Å². The molecule has 1 heterocycles. The fourth-order valence-electron chi connectivity index (χ4n) is 2.19. The predicted molar refractivity (Wildman–Crippen MR) is 99.8 cm³/mol. The van der Waals surface area contributed by atoms with Gasteiger partial charge in [-0.15, -0.1) is 16.9 Å². The minimum Gasteiger partial charge on any atom is -0.312 e. The monoisotopic (exact) mass is 357 g/mol. The molecule has 0 fully saturated rings. The van der Waals surface area contributed by atoms with E-state index in [4.69, 9.17) is 0 Å². The van der Waals surface area contributed by atoms with Crippen molar-refractivity contribution >= 4 is 23.5 Å². The SMILES string of the molecule is CSc1ccc(CNCCSc2nnnn2-c2ccccc2)cc1. The van der Waals surface area contributed by atoms with Gasteiger partial charge in [0.1, 0.15) is 0 Å². The maximum Gasteiger partial charge on any atom is 0.214 e. The zero-order chi connectivity index (χ0) is 16.6. The lowest BCUT2D eigenvalue weighted by Gasteiger charge is -2.06. The molecule has 1 N–H and O–H groups in total. The van der Waals surface area contributed by atoms with E-state index in [9.17, 15) is 0 Å². The molecule has 0 atom stereocenters. The van der Waals surface area contributed by atoms with Crippen molar-refractivity contribution < 1.29 is 0 Å². The first kappa shape index (κ1) is 17.0. The van der Waals surface area contributed by atoms with Crippen LogP contribution in [0.2, 0.25) is 0 Å². The van der Waals surface area contributed by atoms with Crippen molar-refractivity contribution in [2.75, 3.05) is 18.6 Å². The quantitative estimate of drug-likeness (QED) is 0.493. The van der Waals surface area contributed by atoms with Crippen LogP contribution in [0, 0.1) is 0 Å². The number of tetrazole rings is 1. The van der Waals surface area contributed by atoms with Gasteiger partial charge in [-0.3, -0.25) is 0 Å². The molecule has 0 spiro atoms. The second-order valence-corrected chi connectivity index (χ2v) is 7.02. The number of benzene rings is 2. The van der Waals surface area contributed by atoms with E-state index in [-0.39, 0.29) is 0 Å². The minimum atomic E-state index is 0.812. The number of hydrogen-bond donors (Lipinski definition) is 1. The van der Waals surface area contributed by atoms with Crippen LogP contribution in [0.1, 0.15) is 5.56 Å². The molecule has 124 valence electrons. The van der Waals surface area contributed by atoms with Gasteiger partial charge in [-0.2, -0.15) is 4.68 Å². The number of aromatic nitrogens is 4. The highest BCUT2D eigenvalue weighted by Crippen LogP contribution is 2.17. The fraction of sp³-hybridized carbons (Fsp3) is 0.235. The summed E-state index contributed by atoms with van der Waals surface area (Å²) in [6.07, 6.45) is 2.09. The van der Waals surface area contributed by atoms with Gasteiger partial charge in [0.25, 0.3) is 0 Å². The summed E-state index contributed by atoms with van der Waals surface area (Å²) in [4.78, 5) is 1.29. The Morgan fingerprint density at radius 3 is 2.58 bits per heavy atom. The van der Waals surface area contributed by atoms with Crippen LogP contribution in [0.25, 0.3) is 5.69 Å². The average Bonchev–Trinajstić information content (AvgIpc) is 3.11. The molecule has 0 aliphatic heterocycles. The maximum absolute atomic E-state index is 4.10. The van der Waals surface area contributed by atoms with Crippen LogP contribution < -0.4 is 5.32 Å². The van der Waals surface area contributed by atoms with Gasteiger partial charge in [0.05, 0.1) is 5.69 Å². The van der Waals surface area contributed by atoms with E-state index in [1.807, 2.05) is 30.3 Å². The van der Waals surface area contributed by atoms with Gasteiger partial charge in [0, 0.05) is 23.7 Å². The fourth-order valence-corrected chi connectivity index (χ4v) is 3.39. The molecule has 0 saturated carbocycles.